The molecule has 1 atom stereocenters. The van der Waals surface area contributed by atoms with E-state index in [1.165, 1.54) is 11.8 Å². The van der Waals surface area contributed by atoms with Crippen LogP contribution >= 0.6 is 0 Å². The maximum Gasteiger partial charge on any atom is 0.326 e. The number of carboxylic acid groups (broad SMARTS) is 1. The second-order valence-electron chi connectivity index (χ2n) is 4.62. The van der Waals surface area contributed by atoms with E-state index in [0.717, 1.165) is 5.56 Å². The summed E-state index contributed by atoms with van der Waals surface area (Å²) in [6.07, 6.45) is 0. The molecule has 0 heterocycles. The topological polar surface area (TPSA) is 57.6 Å². The Morgan fingerprint density at radius 3 is 2.17 bits per heavy atom. The molecule has 0 saturated carbocycles. The zero-order valence-electron chi connectivity index (χ0n) is 11.0. The first-order chi connectivity index (χ1) is 8.43. The highest BCUT2D eigenvalue weighted by Crippen LogP contribution is 2.12. The van der Waals surface area contributed by atoms with Crippen LogP contribution in [0.1, 0.15) is 26.3 Å². The molecule has 0 aromatic heterocycles. The predicted octanol–water partition coefficient (Wildman–Crippen LogP) is 2.14. The van der Waals surface area contributed by atoms with Gasteiger partial charge in [0.15, 0.2) is 0 Å². The first kappa shape index (κ1) is 14.2. The lowest BCUT2D eigenvalue weighted by Gasteiger charge is -2.28. The first-order valence-electron chi connectivity index (χ1n) is 6.00. The fourth-order valence-electron chi connectivity index (χ4n) is 1.65. The second-order valence-corrected chi connectivity index (χ2v) is 4.62. The van der Waals surface area contributed by atoms with Crippen molar-refractivity contribution in [2.24, 2.45) is 5.92 Å². The molecule has 1 rings (SSSR count). The molecule has 98 valence electrons. The van der Waals surface area contributed by atoms with Crippen LogP contribution in [0, 0.1) is 5.92 Å². The number of nitrogens with zero attached hydrogens (tertiary/aromatic N) is 1. The van der Waals surface area contributed by atoms with Crippen LogP contribution in [0.3, 0.4) is 0 Å². The van der Waals surface area contributed by atoms with Gasteiger partial charge in [-0.2, -0.15) is 0 Å². The van der Waals surface area contributed by atoms with E-state index in [9.17, 15) is 9.59 Å². The van der Waals surface area contributed by atoms with Crippen molar-refractivity contribution in [1.29, 1.82) is 0 Å². The average molecular weight is 249 g/mol. The van der Waals surface area contributed by atoms with Gasteiger partial charge in [-0.25, -0.2) is 4.79 Å². The van der Waals surface area contributed by atoms with E-state index in [0.29, 0.717) is 6.54 Å². The SMILES string of the molecule is CC(C)C(=O)N(Cc1ccccc1)[C@@H](C)C(=O)O. The molecule has 1 aromatic rings. The van der Waals surface area contributed by atoms with Crippen LogP contribution in [0.5, 0.6) is 0 Å². The summed E-state index contributed by atoms with van der Waals surface area (Å²) >= 11 is 0. The maximum atomic E-state index is 12.1. The van der Waals surface area contributed by atoms with E-state index in [2.05, 4.69) is 0 Å². The summed E-state index contributed by atoms with van der Waals surface area (Å²) in [7, 11) is 0. The molecule has 1 aromatic carbocycles. The Labute approximate surface area is 107 Å². The number of carbonyl (C=O) groups is 2. The van der Waals surface area contributed by atoms with Crippen molar-refractivity contribution in [1.82, 2.24) is 4.90 Å². The van der Waals surface area contributed by atoms with Gasteiger partial charge in [-0.05, 0) is 12.5 Å². The van der Waals surface area contributed by atoms with E-state index >= 15 is 0 Å². The second kappa shape index (κ2) is 6.19. The van der Waals surface area contributed by atoms with Gasteiger partial charge in [-0.1, -0.05) is 44.2 Å². The lowest BCUT2D eigenvalue weighted by atomic mass is 10.1. The molecule has 0 fully saturated rings. The number of aliphatic carboxylic acids is 1. The molecule has 1 amide bonds. The molecular weight excluding hydrogens is 230 g/mol. The van der Waals surface area contributed by atoms with Crippen molar-refractivity contribution in [3.63, 3.8) is 0 Å². The van der Waals surface area contributed by atoms with Crippen LogP contribution in [0.15, 0.2) is 30.3 Å². The highest BCUT2D eigenvalue weighted by Gasteiger charge is 2.27. The van der Waals surface area contributed by atoms with E-state index in [-0.39, 0.29) is 11.8 Å². The monoisotopic (exact) mass is 249 g/mol. The van der Waals surface area contributed by atoms with Gasteiger partial charge in [-0.3, -0.25) is 4.79 Å². The Bertz CT molecular complexity index is 414. The van der Waals surface area contributed by atoms with Gasteiger partial charge in [0.1, 0.15) is 6.04 Å². The van der Waals surface area contributed by atoms with Crippen molar-refractivity contribution < 1.29 is 14.7 Å². The molecule has 0 aliphatic carbocycles. The molecule has 0 aliphatic rings. The van der Waals surface area contributed by atoms with Crippen LogP contribution in [-0.4, -0.2) is 27.9 Å². The third-order valence-electron chi connectivity index (χ3n) is 2.80. The lowest BCUT2D eigenvalue weighted by molar-refractivity contribution is -0.151. The number of hydrogen-bond donors (Lipinski definition) is 1. The number of benzene rings is 1. The highest BCUT2D eigenvalue weighted by molar-refractivity contribution is 5.84. The van der Waals surface area contributed by atoms with Gasteiger partial charge in [0.2, 0.25) is 5.91 Å². The van der Waals surface area contributed by atoms with Gasteiger partial charge in [0.25, 0.3) is 0 Å². The van der Waals surface area contributed by atoms with Gasteiger partial charge in [-0.15, -0.1) is 0 Å². The van der Waals surface area contributed by atoms with Gasteiger partial charge < -0.3 is 10.0 Å². The van der Waals surface area contributed by atoms with Crippen LogP contribution in [-0.2, 0) is 16.1 Å². The first-order valence-corrected chi connectivity index (χ1v) is 6.00. The quantitative estimate of drug-likeness (QED) is 0.869. The summed E-state index contributed by atoms with van der Waals surface area (Å²) in [5.41, 5.74) is 0.930. The van der Waals surface area contributed by atoms with Crippen LogP contribution in [0.25, 0.3) is 0 Å². The van der Waals surface area contributed by atoms with Crippen LogP contribution in [0.4, 0.5) is 0 Å². The molecule has 0 spiro atoms. The van der Waals surface area contributed by atoms with Crippen molar-refractivity contribution in [3.8, 4) is 0 Å². The lowest BCUT2D eigenvalue weighted by Crippen LogP contribution is -2.44. The fourth-order valence-corrected chi connectivity index (χ4v) is 1.65. The molecule has 1 N–H and O–H groups in total. The van der Waals surface area contributed by atoms with E-state index < -0.39 is 12.0 Å². The smallest absolute Gasteiger partial charge is 0.326 e. The predicted molar refractivity (Wildman–Crippen MR) is 68.9 cm³/mol. The number of amides is 1. The Morgan fingerprint density at radius 1 is 1.17 bits per heavy atom. The Balaban J connectivity index is 2.91. The van der Waals surface area contributed by atoms with Crippen molar-refractivity contribution in [2.75, 3.05) is 0 Å². The minimum Gasteiger partial charge on any atom is -0.480 e. The summed E-state index contributed by atoms with van der Waals surface area (Å²) in [6.45, 7) is 5.40. The largest absolute Gasteiger partial charge is 0.480 e. The van der Waals surface area contributed by atoms with Crippen LogP contribution < -0.4 is 0 Å². The normalized spacial score (nSPS) is 12.2. The Hall–Kier alpha value is -1.84. The van der Waals surface area contributed by atoms with Crippen molar-refractivity contribution in [3.05, 3.63) is 35.9 Å². The molecule has 0 bridgehead atoms. The van der Waals surface area contributed by atoms with Crippen molar-refractivity contribution >= 4 is 11.9 Å². The third kappa shape index (κ3) is 3.58. The minimum absolute atomic E-state index is 0.145. The molecule has 18 heavy (non-hydrogen) atoms. The summed E-state index contributed by atoms with van der Waals surface area (Å²) in [4.78, 5) is 24.5. The van der Waals surface area contributed by atoms with Gasteiger partial charge in [0, 0.05) is 12.5 Å². The standard InChI is InChI=1S/C14H19NO3/c1-10(2)13(16)15(11(3)14(17)18)9-12-7-5-4-6-8-12/h4-8,10-11H,9H2,1-3H3,(H,17,18)/t11-/m0/s1. The number of carboxylic acids is 1. The fraction of sp³-hybridized carbons (Fsp3) is 0.429. The number of hydrogen-bond acceptors (Lipinski definition) is 2. The number of carbonyl (C=O) groups excluding carboxylic acids is 1. The zero-order chi connectivity index (χ0) is 13.7. The molecule has 0 saturated heterocycles. The maximum absolute atomic E-state index is 12.1. The summed E-state index contributed by atoms with van der Waals surface area (Å²) in [6, 6.07) is 8.58. The van der Waals surface area contributed by atoms with E-state index in [4.69, 9.17) is 5.11 Å². The van der Waals surface area contributed by atoms with Crippen molar-refractivity contribution in [2.45, 2.75) is 33.4 Å². The molecule has 0 radical (unpaired) electrons. The zero-order valence-corrected chi connectivity index (χ0v) is 11.0. The summed E-state index contributed by atoms with van der Waals surface area (Å²) < 4.78 is 0. The summed E-state index contributed by atoms with van der Waals surface area (Å²) in [5, 5.41) is 9.07. The molecule has 4 nitrogen and oxygen atoms in total. The summed E-state index contributed by atoms with van der Waals surface area (Å²) in [5.74, 6) is -1.34. The molecule has 0 aliphatic heterocycles. The van der Waals surface area contributed by atoms with Gasteiger partial charge in [0.05, 0.1) is 0 Å². The molecule has 0 unspecified atom stereocenters. The highest BCUT2D eigenvalue weighted by atomic mass is 16.4. The average Bonchev–Trinajstić information content (AvgIpc) is 2.35. The van der Waals surface area contributed by atoms with E-state index in [1.807, 2.05) is 30.3 Å². The third-order valence-corrected chi connectivity index (χ3v) is 2.80. The Kier molecular flexibility index (Phi) is 4.89. The van der Waals surface area contributed by atoms with Gasteiger partial charge >= 0.3 is 5.97 Å². The minimum atomic E-state index is -0.986. The van der Waals surface area contributed by atoms with E-state index in [1.54, 1.807) is 13.8 Å². The Morgan fingerprint density at radius 2 is 1.72 bits per heavy atom. The molecule has 4 heteroatoms. The molecular formula is C14H19NO3. The van der Waals surface area contributed by atoms with Crippen LogP contribution in [0.2, 0.25) is 0 Å². The number of rotatable bonds is 5.